The average molecular weight is 529 g/mol. The van der Waals surface area contributed by atoms with Crippen molar-refractivity contribution in [1.29, 1.82) is 0 Å². The standard InChI is InChI=1S/C21H16Cl3N3O7/c1-8(28)21(20(31)32)15-14(17(25-21)12-5-9(22)6-13(23)16(12)24)18(29)26(19(15)30)10-3-2-4-11(7-10)27(33)34/h2-8,14-15,17,25,28H,1H3,(H,31,32). The van der Waals surface area contributed by atoms with Crippen LogP contribution in [0, 0.1) is 22.0 Å². The van der Waals surface area contributed by atoms with Crippen LogP contribution in [-0.4, -0.2) is 44.6 Å². The van der Waals surface area contributed by atoms with E-state index in [0.717, 1.165) is 6.07 Å². The van der Waals surface area contributed by atoms with Gasteiger partial charge in [-0.15, -0.1) is 0 Å². The number of halogens is 3. The second-order valence-electron chi connectivity index (χ2n) is 8.06. The van der Waals surface area contributed by atoms with Crippen LogP contribution in [0.4, 0.5) is 11.4 Å². The number of nitrogens with one attached hydrogen (secondary N) is 1. The Morgan fingerprint density at radius 3 is 2.47 bits per heavy atom. The van der Waals surface area contributed by atoms with E-state index in [9.17, 15) is 34.7 Å². The topological polar surface area (TPSA) is 150 Å². The summed E-state index contributed by atoms with van der Waals surface area (Å²) in [6.07, 6.45) is -1.63. The molecule has 3 N–H and O–H groups in total. The number of nitro benzene ring substituents is 1. The van der Waals surface area contributed by atoms with Crippen LogP contribution in [0.25, 0.3) is 0 Å². The van der Waals surface area contributed by atoms with Gasteiger partial charge in [-0.2, -0.15) is 0 Å². The molecule has 2 aliphatic rings. The minimum Gasteiger partial charge on any atom is -0.480 e. The number of fused-ring (bicyclic) bond motifs is 1. The Kier molecular flexibility index (Phi) is 6.07. The second-order valence-corrected chi connectivity index (χ2v) is 9.28. The lowest BCUT2D eigenvalue weighted by molar-refractivity contribution is -0.384. The van der Waals surface area contributed by atoms with Crippen LogP contribution in [0.2, 0.25) is 15.1 Å². The molecule has 0 aromatic heterocycles. The lowest BCUT2D eigenvalue weighted by Gasteiger charge is -2.33. The summed E-state index contributed by atoms with van der Waals surface area (Å²) in [6.45, 7) is 1.18. The van der Waals surface area contributed by atoms with Crippen molar-refractivity contribution in [3.63, 3.8) is 0 Å². The molecule has 0 saturated carbocycles. The number of hydrogen-bond donors (Lipinski definition) is 3. The molecular weight excluding hydrogens is 513 g/mol. The van der Waals surface area contributed by atoms with Gasteiger partial charge in [0.2, 0.25) is 11.8 Å². The number of nitrogens with zero attached hydrogens (tertiary/aromatic N) is 2. The molecule has 5 atom stereocenters. The highest BCUT2D eigenvalue weighted by molar-refractivity contribution is 6.43. The number of carbonyl (C=O) groups excluding carboxylic acids is 2. The molecule has 2 aromatic rings. The minimum atomic E-state index is -2.27. The summed E-state index contributed by atoms with van der Waals surface area (Å²) >= 11 is 18.6. The fourth-order valence-electron chi connectivity index (χ4n) is 4.77. The van der Waals surface area contributed by atoms with Crippen LogP contribution < -0.4 is 10.2 Å². The van der Waals surface area contributed by atoms with E-state index in [1.165, 1.54) is 37.3 Å². The first-order valence-electron chi connectivity index (χ1n) is 9.87. The largest absolute Gasteiger partial charge is 0.480 e. The highest BCUT2D eigenvalue weighted by Gasteiger charge is 2.70. The van der Waals surface area contributed by atoms with Crippen molar-refractivity contribution in [2.24, 2.45) is 11.8 Å². The van der Waals surface area contributed by atoms with Gasteiger partial charge in [-0.3, -0.25) is 29.8 Å². The molecule has 2 fully saturated rings. The number of nitro groups is 1. The van der Waals surface area contributed by atoms with Gasteiger partial charge in [0.05, 0.1) is 38.6 Å². The van der Waals surface area contributed by atoms with Gasteiger partial charge in [-0.25, -0.2) is 4.90 Å². The summed E-state index contributed by atoms with van der Waals surface area (Å²) in [5.74, 6) is -6.20. The molecule has 5 unspecified atom stereocenters. The van der Waals surface area contributed by atoms with Gasteiger partial charge in [0.1, 0.15) is 0 Å². The zero-order chi connectivity index (χ0) is 25.1. The van der Waals surface area contributed by atoms with E-state index in [0.29, 0.717) is 4.90 Å². The quantitative estimate of drug-likeness (QED) is 0.232. The van der Waals surface area contributed by atoms with Crippen molar-refractivity contribution in [3.8, 4) is 0 Å². The Labute approximate surface area is 207 Å². The smallest absolute Gasteiger partial charge is 0.327 e. The van der Waals surface area contributed by atoms with E-state index in [1.54, 1.807) is 0 Å². The number of non-ortho nitro benzene ring substituents is 1. The lowest BCUT2D eigenvalue weighted by Crippen LogP contribution is -2.62. The number of hydrogen-bond acceptors (Lipinski definition) is 7. The number of aliphatic hydroxyl groups is 1. The highest BCUT2D eigenvalue weighted by Crippen LogP contribution is 2.53. The van der Waals surface area contributed by atoms with Crippen LogP contribution in [0.3, 0.4) is 0 Å². The van der Waals surface area contributed by atoms with Crippen molar-refractivity contribution in [2.45, 2.75) is 24.6 Å². The number of amides is 2. The van der Waals surface area contributed by atoms with Crippen molar-refractivity contribution >= 4 is 64.0 Å². The zero-order valence-corrected chi connectivity index (χ0v) is 19.5. The van der Waals surface area contributed by atoms with Crippen molar-refractivity contribution in [3.05, 3.63) is 67.1 Å². The number of anilines is 1. The summed E-state index contributed by atoms with van der Waals surface area (Å²) < 4.78 is 0. The summed E-state index contributed by atoms with van der Waals surface area (Å²) in [6, 6.07) is 6.42. The molecule has 2 saturated heterocycles. The number of rotatable bonds is 5. The minimum absolute atomic E-state index is 0.0110. The number of carbonyl (C=O) groups is 3. The number of aliphatic hydroxyl groups excluding tert-OH is 1. The SMILES string of the molecule is CC(O)C1(C(=O)O)NC(c2cc(Cl)cc(Cl)c2Cl)C2C(=O)N(c3cccc([N+](=O)[O-])c3)C(=O)C21. The fourth-order valence-corrected chi connectivity index (χ4v) is 5.51. The monoisotopic (exact) mass is 527 g/mol. The lowest BCUT2D eigenvalue weighted by atomic mass is 9.76. The molecule has 0 radical (unpaired) electrons. The average Bonchev–Trinajstić information content (AvgIpc) is 3.25. The predicted molar refractivity (Wildman–Crippen MR) is 122 cm³/mol. The van der Waals surface area contributed by atoms with E-state index in [2.05, 4.69) is 5.32 Å². The van der Waals surface area contributed by atoms with Gasteiger partial charge in [-0.1, -0.05) is 40.9 Å². The van der Waals surface area contributed by atoms with Crippen LogP contribution in [-0.2, 0) is 14.4 Å². The van der Waals surface area contributed by atoms with Crippen LogP contribution >= 0.6 is 34.8 Å². The van der Waals surface area contributed by atoms with Gasteiger partial charge < -0.3 is 10.2 Å². The molecule has 0 aliphatic carbocycles. The number of imide groups is 1. The predicted octanol–water partition coefficient (Wildman–Crippen LogP) is 3.21. The Bertz CT molecular complexity index is 1250. The maximum absolute atomic E-state index is 13.6. The van der Waals surface area contributed by atoms with E-state index in [4.69, 9.17) is 34.8 Å². The third-order valence-corrected chi connectivity index (χ3v) is 7.30. The summed E-state index contributed by atoms with van der Waals surface area (Å²) in [7, 11) is 0. The molecule has 13 heteroatoms. The molecule has 178 valence electrons. The number of carboxylic acids is 1. The third kappa shape index (κ3) is 3.45. The van der Waals surface area contributed by atoms with Crippen LogP contribution in [0.15, 0.2) is 36.4 Å². The Morgan fingerprint density at radius 1 is 1.21 bits per heavy atom. The highest BCUT2D eigenvalue weighted by atomic mass is 35.5. The third-order valence-electron chi connectivity index (χ3n) is 6.26. The van der Waals surface area contributed by atoms with E-state index < -0.39 is 52.2 Å². The molecule has 0 spiro atoms. The van der Waals surface area contributed by atoms with Gasteiger partial charge in [0.15, 0.2) is 5.54 Å². The maximum atomic E-state index is 13.6. The normalized spacial score (nSPS) is 27.1. The summed E-state index contributed by atoms with van der Waals surface area (Å²) in [5.41, 5.74) is -2.57. The second kappa shape index (κ2) is 8.47. The van der Waals surface area contributed by atoms with Gasteiger partial charge >= 0.3 is 5.97 Å². The van der Waals surface area contributed by atoms with Crippen LogP contribution in [0.5, 0.6) is 0 Å². The van der Waals surface area contributed by atoms with Crippen LogP contribution in [0.1, 0.15) is 18.5 Å². The summed E-state index contributed by atoms with van der Waals surface area (Å²) in [4.78, 5) is 50.8. The molecule has 2 aliphatic heterocycles. The first-order valence-corrected chi connectivity index (χ1v) is 11.0. The van der Waals surface area contributed by atoms with Gasteiger partial charge in [0, 0.05) is 23.2 Å². The molecule has 4 rings (SSSR count). The van der Waals surface area contributed by atoms with Crippen molar-refractivity contribution < 1.29 is 29.5 Å². The molecule has 0 bridgehead atoms. The van der Waals surface area contributed by atoms with E-state index in [1.807, 2.05) is 0 Å². The number of carboxylic acid groups (broad SMARTS) is 1. The van der Waals surface area contributed by atoms with Crippen molar-refractivity contribution in [1.82, 2.24) is 5.32 Å². The first kappa shape index (κ1) is 24.4. The van der Waals surface area contributed by atoms with E-state index >= 15 is 0 Å². The fraction of sp³-hybridized carbons (Fsp3) is 0.286. The Balaban J connectivity index is 1.93. The number of aliphatic carboxylic acids is 1. The first-order chi connectivity index (χ1) is 15.9. The Morgan fingerprint density at radius 2 is 1.88 bits per heavy atom. The van der Waals surface area contributed by atoms with Gasteiger partial charge in [0.25, 0.3) is 5.69 Å². The molecule has 2 heterocycles. The van der Waals surface area contributed by atoms with Crippen molar-refractivity contribution in [2.75, 3.05) is 4.90 Å². The molecular formula is C21H16Cl3N3O7. The number of benzene rings is 2. The molecule has 10 nitrogen and oxygen atoms in total. The van der Waals surface area contributed by atoms with Gasteiger partial charge in [-0.05, 0) is 30.7 Å². The maximum Gasteiger partial charge on any atom is 0.327 e. The molecule has 2 aromatic carbocycles. The zero-order valence-electron chi connectivity index (χ0n) is 17.2. The molecule has 34 heavy (non-hydrogen) atoms. The Hall–Kier alpha value is -2.76. The van der Waals surface area contributed by atoms with E-state index in [-0.39, 0.29) is 32.0 Å². The summed E-state index contributed by atoms with van der Waals surface area (Å²) in [5, 5.41) is 34.8. The molecule has 2 amide bonds.